The van der Waals surface area contributed by atoms with Gasteiger partial charge in [0.25, 0.3) is 0 Å². The molecule has 0 spiro atoms. The van der Waals surface area contributed by atoms with Crippen molar-refractivity contribution in [3.8, 4) is 0 Å². The smallest absolute Gasteiger partial charge is 0.220 e. The van der Waals surface area contributed by atoms with E-state index in [2.05, 4.69) is 12.2 Å². The van der Waals surface area contributed by atoms with Crippen molar-refractivity contribution in [1.29, 1.82) is 0 Å². The molecule has 1 atom stereocenters. The molecule has 3 heteroatoms. The molecule has 0 aliphatic heterocycles. The van der Waals surface area contributed by atoms with Crippen molar-refractivity contribution < 1.29 is 9.59 Å². The van der Waals surface area contributed by atoms with Gasteiger partial charge in [-0.25, -0.2) is 0 Å². The van der Waals surface area contributed by atoms with Gasteiger partial charge in [-0.05, 0) is 18.8 Å². The average molecular weight is 227 g/mol. The summed E-state index contributed by atoms with van der Waals surface area (Å²) in [5, 5.41) is 2.77. The molecule has 0 unspecified atom stereocenters. The summed E-state index contributed by atoms with van der Waals surface area (Å²) in [6.07, 6.45) is 6.48. The number of amides is 1. The first-order chi connectivity index (χ1) is 7.60. The number of carbonyl (C=O) groups excluding carboxylic acids is 2. The largest absolute Gasteiger partial charge is 0.347 e. The molecule has 0 aromatic carbocycles. The fourth-order valence-corrected chi connectivity index (χ4v) is 1.65. The molecule has 0 aliphatic carbocycles. The Balaban J connectivity index is 3.70. The standard InChI is InChI=1S/C13H25NO2/c1-4-5-6-7-8-13(16)14-12(10-15)9-11(2)3/h10-12H,4-9H2,1-3H3,(H,14,16)/t12-/m1/s1. The fraction of sp³-hybridized carbons (Fsp3) is 0.846. The Bertz CT molecular complexity index is 202. The van der Waals surface area contributed by atoms with Gasteiger partial charge >= 0.3 is 0 Å². The van der Waals surface area contributed by atoms with Gasteiger partial charge in [-0.15, -0.1) is 0 Å². The van der Waals surface area contributed by atoms with E-state index in [0.717, 1.165) is 25.5 Å². The van der Waals surface area contributed by atoms with Crippen molar-refractivity contribution in [1.82, 2.24) is 5.32 Å². The van der Waals surface area contributed by atoms with Crippen LogP contribution in [0.5, 0.6) is 0 Å². The normalized spacial score (nSPS) is 12.5. The lowest BCUT2D eigenvalue weighted by Gasteiger charge is -2.14. The van der Waals surface area contributed by atoms with E-state index in [-0.39, 0.29) is 11.9 Å². The lowest BCUT2D eigenvalue weighted by Crippen LogP contribution is -2.36. The molecule has 1 N–H and O–H groups in total. The van der Waals surface area contributed by atoms with Crippen LogP contribution < -0.4 is 5.32 Å². The Morgan fingerprint density at radius 3 is 2.44 bits per heavy atom. The Morgan fingerprint density at radius 2 is 1.94 bits per heavy atom. The zero-order chi connectivity index (χ0) is 12.4. The predicted molar refractivity (Wildman–Crippen MR) is 66.2 cm³/mol. The van der Waals surface area contributed by atoms with E-state index >= 15 is 0 Å². The molecule has 94 valence electrons. The quantitative estimate of drug-likeness (QED) is 0.486. The van der Waals surface area contributed by atoms with Gasteiger partial charge in [0.2, 0.25) is 5.91 Å². The lowest BCUT2D eigenvalue weighted by atomic mass is 10.0. The lowest BCUT2D eigenvalue weighted by molar-refractivity contribution is -0.124. The molecule has 1 amide bonds. The van der Waals surface area contributed by atoms with Crippen molar-refractivity contribution in [2.45, 2.75) is 65.3 Å². The highest BCUT2D eigenvalue weighted by Crippen LogP contribution is 2.05. The van der Waals surface area contributed by atoms with Crippen LogP contribution in [-0.2, 0) is 9.59 Å². The summed E-state index contributed by atoms with van der Waals surface area (Å²) in [7, 11) is 0. The third-order valence-corrected chi connectivity index (χ3v) is 2.49. The number of hydrogen-bond donors (Lipinski definition) is 1. The third-order valence-electron chi connectivity index (χ3n) is 2.49. The summed E-state index contributed by atoms with van der Waals surface area (Å²) >= 11 is 0. The van der Waals surface area contributed by atoms with E-state index < -0.39 is 0 Å². The second-order valence-electron chi connectivity index (χ2n) is 4.75. The molecule has 16 heavy (non-hydrogen) atoms. The van der Waals surface area contributed by atoms with Crippen molar-refractivity contribution in [2.24, 2.45) is 5.92 Å². The highest BCUT2D eigenvalue weighted by molar-refractivity contribution is 5.79. The first-order valence-corrected chi connectivity index (χ1v) is 6.34. The van der Waals surface area contributed by atoms with Crippen molar-refractivity contribution >= 4 is 12.2 Å². The molecule has 0 heterocycles. The van der Waals surface area contributed by atoms with Gasteiger partial charge < -0.3 is 10.1 Å². The molecule has 0 rings (SSSR count). The number of nitrogens with one attached hydrogen (secondary N) is 1. The molecule has 0 fully saturated rings. The van der Waals surface area contributed by atoms with Crippen LogP contribution in [0.1, 0.15) is 59.3 Å². The molecular formula is C13H25NO2. The summed E-state index contributed by atoms with van der Waals surface area (Å²) in [5.41, 5.74) is 0. The minimum atomic E-state index is -0.307. The molecule has 0 aliphatic rings. The Kier molecular flexibility index (Phi) is 8.87. The van der Waals surface area contributed by atoms with E-state index in [9.17, 15) is 9.59 Å². The minimum Gasteiger partial charge on any atom is -0.347 e. The Labute approximate surface area is 99.0 Å². The Hall–Kier alpha value is -0.860. The van der Waals surface area contributed by atoms with Gasteiger partial charge in [-0.1, -0.05) is 40.0 Å². The van der Waals surface area contributed by atoms with Crippen LogP contribution in [0.25, 0.3) is 0 Å². The Morgan fingerprint density at radius 1 is 1.25 bits per heavy atom. The van der Waals surface area contributed by atoms with Gasteiger partial charge in [-0.3, -0.25) is 4.79 Å². The first-order valence-electron chi connectivity index (χ1n) is 6.34. The number of rotatable bonds is 9. The number of unbranched alkanes of at least 4 members (excludes halogenated alkanes) is 3. The third kappa shape index (κ3) is 8.45. The van der Waals surface area contributed by atoms with Crippen LogP contribution in [0.15, 0.2) is 0 Å². The number of hydrogen-bond acceptors (Lipinski definition) is 2. The number of aldehydes is 1. The highest BCUT2D eigenvalue weighted by atomic mass is 16.2. The first kappa shape index (κ1) is 15.1. The zero-order valence-electron chi connectivity index (χ0n) is 10.8. The van der Waals surface area contributed by atoms with Crippen LogP contribution in [0, 0.1) is 5.92 Å². The van der Waals surface area contributed by atoms with E-state index in [1.165, 1.54) is 12.8 Å². The van der Waals surface area contributed by atoms with E-state index in [1.807, 2.05) is 13.8 Å². The van der Waals surface area contributed by atoms with Gasteiger partial charge in [0, 0.05) is 6.42 Å². The second-order valence-corrected chi connectivity index (χ2v) is 4.75. The van der Waals surface area contributed by atoms with Crippen LogP contribution in [0.2, 0.25) is 0 Å². The van der Waals surface area contributed by atoms with E-state index in [1.54, 1.807) is 0 Å². The van der Waals surface area contributed by atoms with Gasteiger partial charge in [0.05, 0.1) is 6.04 Å². The summed E-state index contributed by atoms with van der Waals surface area (Å²) in [6.45, 7) is 6.24. The zero-order valence-corrected chi connectivity index (χ0v) is 10.8. The highest BCUT2D eigenvalue weighted by Gasteiger charge is 2.12. The second kappa shape index (κ2) is 9.37. The van der Waals surface area contributed by atoms with Crippen LogP contribution in [-0.4, -0.2) is 18.2 Å². The molecular weight excluding hydrogens is 202 g/mol. The van der Waals surface area contributed by atoms with E-state index in [4.69, 9.17) is 0 Å². The monoisotopic (exact) mass is 227 g/mol. The number of carbonyl (C=O) groups is 2. The summed E-state index contributed by atoms with van der Waals surface area (Å²) in [6, 6.07) is -0.307. The van der Waals surface area contributed by atoms with Crippen molar-refractivity contribution in [2.75, 3.05) is 0 Å². The average Bonchev–Trinajstić information content (AvgIpc) is 2.23. The summed E-state index contributed by atoms with van der Waals surface area (Å²) in [5.74, 6) is 0.435. The molecule has 3 nitrogen and oxygen atoms in total. The minimum absolute atomic E-state index is 0.00820. The summed E-state index contributed by atoms with van der Waals surface area (Å²) in [4.78, 5) is 22.2. The fourth-order valence-electron chi connectivity index (χ4n) is 1.65. The maximum atomic E-state index is 11.5. The summed E-state index contributed by atoms with van der Waals surface area (Å²) < 4.78 is 0. The molecule has 0 saturated carbocycles. The maximum absolute atomic E-state index is 11.5. The van der Waals surface area contributed by atoms with Gasteiger partial charge in [-0.2, -0.15) is 0 Å². The van der Waals surface area contributed by atoms with Crippen LogP contribution in [0.4, 0.5) is 0 Å². The SMILES string of the molecule is CCCCCCC(=O)N[C@@H](C=O)CC(C)C. The molecule has 0 bridgehead atoms. The molecule has 0 radical (unpaired) electrons. The van der Waals surface area contributed by atoms with E-state index in [0.29, 0.717) is 12.3 Å². The van der Waals surface area contributed by atoms with Gasteiger partial charge in [0.15, 0.2) is 0 Å². The molecule has 0 aromatic rings. The molecule has 0 saturated heterocycles. The van der Waals surface area contributed by atoms with Crippen LogP contribution in [0.3, 0.4) is 0 Å². The van der Waals surface area contributed by atoms with Crippen molar-refractivity contribution in [3.63, 3.8) is 0 Å². The predicted octanol–water partition coefficient (Wildman–Crippen LogP) is 2.69. The maximum Gasteiger partial charge on any atom is 0.220 e. The topological polar surface area (TPSA) is 46.2 Å². The molecule has 0 aromatic heterocycles. The van der Waals surface area contributed by atoms with Crippen LogP contribution >= 0.6 is 0 Å². The van der Waals surface area contributed by atoms with Crippen molar-refractivity contribution in [3.05, 3.63) is 0 Å². The van der Waals surface area contributed by atoms with Gasteiger partial charge in [0.1, 0.15) is 6.29 Å².